The number of nitrogens with zero attached hydrogens (tertiary/aromatic N) is 1. The monoisotopic (exact) mass is 368 g/mol. The molecule has 3 amide bonds. The fourth-order valence-electron chi connectivity index (χ4n) is 2.74. The van der Waals surface area contributed by atoms with Gasteiger partial charge in [-0.3, -0.25) is 14.4 Å². The molecule has 0 atom stereocenters. The summed E-state index contributed by atoms with van der Waals surface area (Å²) in [6.45, 7) is 2.66. The minimum Gasteiger partial charge on any atom is -0.378 e. The van der Waals surface area contributed by atoms with Gasteiger partial charge in [0.1, 0.15) is 0 Å². The van der Waals surface area contributed by atoms with E-state index in [2.05, 4.69) is 15.5 Å². The van der Waals surface area contributed by atoms with Crippen LogP contribution in [0.25, 0.3) is 0 Å². The van der Waals surface area contributed by atoms with E-state index in [9.17, 15) is 14.4 Å². The molecule has 1 aliphatic rings. The van der Waals surface area contributed by atoms with Crippen LogP contribution in [-0.2, 0) is 14.3 Å². The third-order valence-electron chi connectivity index (χ3n) is 4.14. The Bertz CT molecular complexity index is 845. The summed E-state index contributed by atoms with van der Waals surface area (Å²) in [5.41, 5.74) is 7.28. The van der Waals surface area contributed by atoms with Gasteiger partial charge in [-0.15, -0.1) is 0 Å². The second-order valence-corrected chi connectivity index (χ2v) is 5.97. The van der Waals surface area contributed by atoms with Gasteiger partial charge in [0, 0.05) is 24.3 Å². The maximum Gasteiger partial charge on any atom is 0.314 e. The van der Waals surface area contributed by atoms with Crippen molar-refractivity contribution in [3.63, 3.8) is 0 Å². The Morgan fingerprint density at radius 1 is 0.889 bits per heavy atom. The molecule has 0 radical (unpaired) electrons. The lowest BCUT2D eigenvalue weighted by molar-refractivity contribution is -0.132. The molecule has 1 saturated heterocycles. The number of para-hydroxylation sites is 2. The summed E-state index contributed by atoms with van der Waals surface area (Å²) in [6, 6.07) is 13.3. The quantitative estimate of drug-likeness (QED) is 0.702. The molecule has 1 heterocycles. The molecule has 0 spiro atoms. The van der Waals surface area contributed by atoms with Crippen LogP contribution in [-0.4, -0.2) is 44.0 Å². The van der Waals surface area contributed by atoms with Gasteiger partial charge in [-0.25, -0.2) is 0 Å². The van der Waals surface area contributed by atoms with Gasteiger partial charge in [-0.1, -0.05) is 12.1 Å². The minimum absolute atomic E-state index is 0.317. The zero-order valence-electron chi connectivity index (χ0n) is 14.6. The molecule has 140 valence electrons. The maximum absolute atomic E-state index is 12.3. The maximum atomic E-state index is 12.3. The van der Waals surface area contributed by atoms with Gasteiger partial charge in [0.05, 0.1) is 24.6 Å². The Hall–Kier alpha value is -3.39. The number of nitrogens with two attached hydrogens (primary N) is 1. The lowest BCUT2D eigenvalue weighted by atomic mass is 10.2. The van der Waals surface area contributed by atoms with Crippen LogP contribution in [0.2, 0.25) is 0 Å². The Balaban J connectivity index is 1.66. The number of benzene rings is 2. The number of nitrogens with one attached hydrogen (secondary N) is 2. The second-order valence-electron chi connectivity index (χ2n) is 5.97. The van der Waals surface area contributed by atoms with Gasteiger partial charge < -0.3 is 26.0 Å². The summed E-state index contributed by atoms with van der Waals surface area (Å²) in [5, 5.41) is 5.14. The smallest absolute Gasteiger partial charge is 0.314 e. The predicted molar refractivity (Wildman–Crippen MR) is 102 cm³/mol. The lowest BCUT2D eigenvalue weighted by Gasteiger charge is -2.30. The molecule has 8 heteroatoms. The van der Waals surface area contributed by atoms with Crippen LogP contribution in [0.4, 0.5) is 17.1 Å². The van der Waals surface area contributed by atoms with E-state index in [4.69, 9.17) is 10.5 Å². The molecule has 0 bridgehead atoms. The largest absolute Gasteiger partial charge is 0.378 e. The molecule has 1 aliphatic heterocycles. The second kappa shape index (κ2) is 8.33. The van der Waals surface area contributed by atoms with Crippen molar-refractivity contribution in [1.82, 2.24) is 0 Å². The van der Waals surface area contributed by atoms with Crippen molar-refractivity contribution in [1.29, 1.82) is 0 Å². The third kappa shape index (κ3) is 4.62. The molecule has 3 rings (SSSR count). The van der Waals surface area contributed by atoms with E-state index in [-0.39, 0.29) is 0 Å². The van der Waals surface area contributed by atoms with Gasteiger partial charge in [0.2, 0.25) is 5.91 Å². The van der Waals surface area contributed by atoms with Gasteiger partial charge >= 0.3 is 11.8 Å². The zero-order valence-corrected chi connectivity index (χ0v) is 14.6. The number of ether oxygens (including phenoxy) is 1. The van der Waals surface area contributed by atoms with Crippen molar-refractivity contribution in [2.75, 3.05) is 41.8 Å². The molecular weight excluding hydrogens is 348 g/mol. The van der Waals surface area contributed by atoms with Gasteiger partial charge in [0.15, 0.2) is 0 Å². The predicted octanol–water partition coefficient (Wildman–Crippen LogP) is 1.20. The molecule has 4 N–H and O–H groups in total. The molecule has 27 heavy (non-hydrogen) atoms. The first kappa shape index (κ1) is 18.4. The van der Waals surface area contributed by atoms with E-state index in [1.54, 1.807) is 12.1 Å². The first-order valence-electron chi connectivity index (χ1n) is 8.48. The van der Waals surface area contributed by atoms with E-state index in [0.29, 0.717) is 43.2 Å². The number of carbonyl (C=O) groups is 3. The van der Waals surface area contributed by atoms with E-state index in [0.717, 1.165) is 5.69 Å². The Morgan fingerprint density at radius 3 is 2.19 bits per heavy atom. The Morgan fingerprint density at radius 2 is 1.52 bits per heavy atom. The van der Waals surface area contributed by atoms with Crippen molar-refractivity contribution in [2.24, 2.45) is 5.73 Å². The van der Waals surface area contributed by atoms with E-state index >= 15 is 0 Å². The lowest BCUT2D eigenvalue weighted by Crippen LogP contribution is -2.37. The average Bonchev–Trinajstić information content (AvgIpc) is 2.69. The van der Waals surface area contributed by atoms with Crippen molar-refractivity contribution < 1.29 is 19.1 Å². The molecule has 0 saturated carbocycles. The topological polar surface area (TPSA) is 114 Å². The fourth-order valence-corrected chi connectivity index (χ4v) is 2.74. The Kier molecular flexibility index (Phi) is 5.68. The summed E-state index contributed by atoms with van der Waals surface area (Å²) >= 11 is 0. The number of morpholine rings is 1. The minimum atomic E-state index is -0.807. The van der Waals surface area contributed by atoms with E-state index in [1.807, 2.05) is 12.1 Å². The first-order chi connectivity index (χ1) is 13.0. The van der Waals surface area contributed by atoms with E-state index < -0.39 is 17.7 Å². The van der Waals surface area contributed by atoms with Crippen molar-refractivity contribution in [3.8, 4) is 0 Å². The summed E-state index contributed by atoms with van der Waals surface area (Å²) in [7, 11) is 0. The molecule has 2 aromatic rings. The highest BCUT2D eigenvalue weighted by Gasteiger charge is 2.19. The van der Waals surface area contributed by atoms with Gasteiger partial charge in [-0.05, 0) is 36.4 Å². The van der Waals surface area contributed by atoms with Crippen molar-refractivity contribution in [3.05, 3.63) is 54.1 Å². The SMILES string of the molecule is NC(=O)c1ccc(NC(=O)C(=O)Nc2ccccc2N2CCOCC2)cc1. The number of primary amides is 1. The molecular formula is C19H20N4O4. The zero-order chi connectivity index (χ0) is 19.2. The van der Waals surface area contributed by atoms with Crippen LogP contribution >= 0.6 is 0 Å². The van der Waals surface area contributed by atoms with Gasteiger partial charge in [-0.2, -0.15) is 0 Å². The average molecular weight is 368 g/mol. The molecule has 2 aromatic carbocycles. The number of anilines is 3. The Labute approximate surface area is 156 Å². The van der Waals surface area contributed by atoms with Crippen molar-refractivity contribution >= 4 is 34.8 Å². The van der Waals surface area contributed by atoms with Crippen molar-refractivity contribution in [2.45, 2.75) is 0 Å². The summed E-state index contributed by atoms with van der Waals surface area (Å²) in [5.74, 6) is -2.15. The summed E-state index contributed by atoms with van der Waals surface area (Å²) in [4.78, 5) is 37.6. The summed E-state index contributed by atoms with van der Waals surface area (Å²) in [6.07, 6.45) is 0. The van der Waals surface area contributed by atoms with Crippen LogP contribution in [0, 0.1) is 0 Å². The summed E-state index contributed by atoms with van der Waals surface area (Å²) < 4.78 is 5.35. The molecule has 8 nitrogen and oxygen atoms in total. The van der Waals surface area contributed by atoms with Crippen LogP contribution in [0.5, 0.6) is 0 Å². The number of hydrogen-bond acceptors (Lipinski definition) is 5. The molecule has 0 aromatic heterocycles. The molecule has 1 fully saturated rings. The third-order valence-corrected chi connectivity index (χ3v) is 4.14. The number of amides is 3. The highest BCUT2D eigenvalue weighted by molar-refractivity contribution is 6.43. The van der Waals surface area contributed by atoms with Gasteiger partial charge in [0.25, 0.3) is 0 Å². The number of hydrogen-bond donors (Lipinski definition) is 3. The highest BCUT2D eigenvalue weighted by atomic mass is 16.5. The standard InChI is InChI=1S/C19H20N4O4/c20-17(24)13-5-7-14(8-6-13)21-18(25)19(26)22-15-3-1-2-4-16(15)23-9-11-27-12-10-23/h1-8H,9-12H2,(H2,20,24)(H,21,25)(H,22,26). The highest BCUT2D eigenvalue weighted by Crippen LogP contribution is 2.26. The normalized spacial score (nSPS) is 13.7. The van der Waals surface area contributed by atoms with Crippen LogP contribution in [0.1, 0.15) is 10.4 Å². The fraction of sp³-hybridized carbons (Fsp3) is 0.211. The van der Waals surface area contributed by atoms with Crippen LogP contribution in [0.3, 0.4) is 0 Å². The van der Waals surface area contributed by atoms with Crippen LogP contribution in [0.15, 0.2) is 48.5 Å². The number of rotatable bonds is 4. The molecule has 0 unspecified atom stereocenters. The molecule has 0 aliphatic carbocycles. The number of carbonyl (C=O) groups excluding carboxylic acids is 3. The van der Waals surface area contributed by atoms with E-state index in [1.165, 1.54) is 24.3 Å². The first-order valence-corrected chi connectivity index (χ1v) is 8.48. The van der Waals surface area contributed by atoms with Crippen LogP contribution < -0.4 is 21.3 Å².